The molecule has 0 aliphatic carbocycles. The molecule has 82 valence electrons. The Morgan fingerprint density at radius 3 is 3.13 bits per heavy atom. The van der Waals surface area contributed by atoms with Crippen molar-refractivity contribution in [3.05, 3.63) is 17.0 Å². The van der Waals surface area contributed by atoms with E-state index in [4.69, 9.17) is 0 Å². The molecule has 0 unspecified atom stereocenters. The van der Waals surface area contributed by atoms with Crippen LogP contribution in [0.4, 0.5) is 4.79 Å². The van der Waals surface area contributed by atoms with Gasteiger partial charge in [0.2, 0.25) is 0 Å². The maximum Gasteiger partial charge on any atom is 0.317 e. The second kappa shape index (κ2) is 3.92. The van der Waals surface area contributed by atoms with Gasteiger partial charge >= 0.3 is 6.03 Å². The average molecular weight is 208 g/mol. The number of aromatic amines is 1. The number of carbonyl (C=O) groups is 1. The van der Waals surface area contributed by atoms with Gasteiger partial charge < -0.3 is 10.2 Å². The van der Waals surface area contributed by atoms with Gasteiger partial charge in [-0.3, -0.25) is 5.10 Å². The maximum absolute atomic E-state index is 11.5. The standard InChI is InChI=1S/C10H16N4O/c1-3-8-7-6-14(10(15)11-2)5-4-9(7)13-12-8/h3-6H2,1-2H3,(H,11,15)(H,12,13). The van der Waals surface area contributed by atoms with Crippen molar-refractivity contribution in [2.45, 2.75) is 26.3 Å². The first-order valence-electron chi connectivity index (χ1n) is 5.28. The second-order valence-corrected chi connectivity index (χ2v) is 3.71. The summed E-state index contributed by atoms with van der Waals surface area (Å²) in [5.74, 6) is 0. The van der Waals surface area contributed by atoms with Gasteiger partial charge in [-0.1, -0.05) is 6.92 Å². The normalized spacial score (nSPS) is 14.9. The molecule has 0 atom stereocenters. The number of rotatable bonds is 1. The Hall–Kier alpha value is -1.52. The number of aryl methyl sites for hydroxylation is 1. The SMILES string of the molecule is CCc1n[nH]c2c1CN(C(=O)NC)CC2. The lowest BCUT2D eigenvalue weighted by atomic mass is 10.0. The summed E-state index contributed by atoms with van der Waals surface area (Å²) >= 11 is 0. The third-order valence-electron chi connectivity index (χ3n) is 2.86. The number of carbonyl (C=O) groups excluding carboxylic acids is 1. The molecule has 0 spiro atoms. The first kappa shape index (κ1) is 10.0. The molecule has 0 radical (unpaired) electrons. The van der Waals surface area contributed by atoms with Crippen molar-refractivity contribution in [2.75, 3.05) is 13.6 Å². The lowest BCUT2D eigenvalue weighted by Gasteiger charge is -2.26. The van der Waals surface area contributed by atoms with Crippen molar-refractivity contribution >= 4 is 6.03 Å². The molecule has 0 saturated heterocycles. The quantitative estimate of drug-likeness (QED) is 0.712. The number of nitrogens with zero attached hydrogens (tertiary/aromatic N) is 2. The van der Waals surface area contributed by atoms with Gasteiger partial charge in [0, 0.05) is 31.3 Å². The molecule has 0 aromatic carbocycles. The van der Waals surface area contributed by atoms with Crippen LogP contribution in [0.15, 0.2) is 0 Å². The molecule has 5 nitrogen and oxygen atoms in total. The molecule has 2 N–H and O–H groups in total. The minimum absolute atomic E-state index is 0.0103. The summed E-state index contributed by atoms with van der Waals surface area (Å²) < 4.78 is 0. The Bertz CT molecular complexity index is 358. The molecule has 1 aliphatic heterocycles. The average Bonchev–Trinajstić information content (AvgIpc) is 2.69. The van der Waals surface area contributed by atoms with Crippen LogP contribution in [0.3, 0.4) is 0 Å². The molecular formula is C10H16N4O. The van der Waals surface area contributed by atoms with E-state index in [1.165, 1.54) is 11.3 Å². The zero-order valence-corrected chi connectivity index (χ0v) is 9.13. The summed E-state index contributed by atoms with van der Waals surface area (Å²) in [5, 5.41) is 9.95. The molecule has 0 fully saturated rings. The third kappa shape index (κ3) is 1.69. The Kier molecular flexibility index (Phi) is 2.62. The lowest BCUT2D eigenvalue weighted by molar-refractivity contribution is 0.194. The molecule has 5 heteroatoms. The number of nitrogens with one attached hydrogen (secondary N) is 2. The zero-order chi connectivity index (χ0) is 10.8. The van der Waals surface area contributed by atoms with Crippen molar-refractivity contribution < 1.29 is 4.79 Å². The number of fused-ring (bicyclic) bond motifs is 1. The molecule has 1 aromatic rings. The summed E-state index contributed by atoms with van der Waals surface area (Å²) in [6, 6.07) is -0.0103. The van der Waals surface area contributed by atoms with Crippen LogP contribution < -0.4 is 5.32 Å². The van der Waals surface area contributed by atoms with Gasteiger partial charge in [0.15, 0.2) is 0 Å². The fourth-order valence-corrected chi connectivity index (χ4v) is 1.98. The first-order chi connectivity index (χ1) is 7.26. The number of hydrogen-bond acceptors (Lipinski definition) is 2. The summed E-state index contributed by atoms with van der Waals surface area (Å²) in [6.07, 6.45) is 1.78. The van der Waals surface area contributed by atoms with Crippen LogP contribution in [0.2, 0.25) is 0 Å². The topological polar surface area (TPSA) is 61.0 Å². The van der Waals surface area contributed by atoms with Crippen molar-refractivity contribution in [1.82, 2.24) is 20.4 Å². The van der Waals surface area contributed by atoms with Gasteiger partial charge in [-0.2, -0.15) is 5.10 Å². The highest BCUT2D eigenvalue weighted by molar-refractivity contribution is 5.74. The molecule has 0 bridgehead atoms. The van der Waals surface area contributed by atoms with Crippen LogP contribution in [0.25, 0.3) is 0 Å². The van der Waals surface area contributed by atoms with E-state index in [1.807, 2.05) is 4.90 Å². The minimum atomic E-state index is -0.0103. The van der Waals surface area contributed by atoms with Crippen LogP contribution in [-0.4, -0.2) is 34.7 Å². The molecule has 2 amide bonds. The minimum Gasteiger partial charge on any atom is -0.341 e. The highest BCUT2D eigenvalue weighted by Crippen LogP contribution is 2.20. The van der Waals surface area contributed by atoms with Crippen molar-refractivity contribution in [1.29, 1.82) is 0 Å². The van der Waals surface area contributed by atoms with Crippen LogP contribution in [0, 0.1) is 0 Å². The van der Waals surface area contributed by atoms with E-state index < -0.39 is 0 Å². The van der Waals surface area contributed by atoms with E-state index >= 15 is 0 Å². The maximum atomic E-state index is 11.5. The van der Waals surface area contributed by atoms with Crippen LogP contribution in [0.1, 0.15) is 23.9 Å². The summed E-state index contributed by atoms with van der Waals surface area (Å²) in [5.41, 5.74) is 3.47. The van der Waals surface area contributed by atoms with E-state index in [-0.39, 0.29) is 6.03 Å². The Labute approximate surface area is 88.8 Å². The predicted molar refractivity (Wildman–Crippen MR) is 56.5 cm³/mol. The first-order valence-corrected chi connectivity index (χ1v) is 5.28. The fourth-order valence-electron chi connectivity index (χ4n) is 1.98. The highest BCUT2D eigenvalue weighted by atomic mass is 16.2. The Morgan fingerprint density at radius 1 is 1.67 bits per heavy atom. The summed E-state index contributed by atoms with van der Waals surface area (Å²) in [4.78, 5) is 13.3. The van der Waals surface area contributed by atoms with Crippen molar-refractivity contribution in [2.24, 2.45) is 0 Å². The number of hydrogen-bond donors (Lipinski definition) is 2. The smallest absolute Gasteiger partial charge is 0.317 e. The van der Waals surface area contributed by atoms with Crippen molar-refractivity contribution in [3.63, 3.8) is 0 Å². The molecule has 1 aromatic heterocycles. The fraction of sp³-hybridized carbons (Fsp3) is 0.600. The monoisotopic (exact) mass is 208 g/mol. The van der Waals surface area contributed by atoms with Crippen molar-refractivity contribution in [3.8, 4) is 0 Å². The third-order valence-corrected chi connectivity index (χ3v) is 2.86. The summed E-state index contributed by atoms with van der Waals surface area (Å²) in [6.45, 7) is 3.52. The number of H-pyrrole nitrogens is 1. The van der Waals surface area contributed by atoms with E-state index in [2.05, 4.69) is 22.4 Å². The lowest BCUT2D eigenvalue weighted by Crippen LogP contribution is -2.41. The van der Waals surface area contributed by atoms with Gasteiger partial charge in [-0.15, -0.1) is 0 Å². The van der Waals surface area contributed by atoms with Crippen LogP contribution in [0.5, 0.6) is 0 Å². The molecule has 2 rings (SSSR count). The van der Waals surface area contributed by atoms with E-state index in [9.17, 15) is 4.79 Å². The summed E-state index contributed by atoms with van der Waals surface area (Å²) in [7, 11) is 1.66. The van der Waals surface area contributed by atoms with Crippen LogP contribution in [-0.2, 0) is 19.4 Å². The van der Waals surface area contributed by atoms with Gasteiger partial charge in [-0.25, -0.2) is 4.79 Å². The van der Waals surface area contributed by atoms with Gasteiger partial charge in [0.25, 0.3) is 0 Å². The van der Waals surface area contributed by atoms with Crippen LogP contribution >= 0.6 is 0 Å². The Morgan fingerprint density at radius 2 is 2.47 bits per heavy atom. The number of aromatic nitrogens is 2. The number of urea groups is 1. The molecule has 0 saturated carbocycles. The van der Waals surface area contributed by atoms with E-state index in [1.54, 1.807) is 7.05 Å². The Balaban J connectivity index is 2.20. The van der Waals surface area contributed by atoms with Gasteiger partial charge in [-0.05, 0) is 6.42 Å². The van der Waals surface area contributed by atoms with Gasteiger partial charge in [0.1, 0.15) is 0 Å². The molecular weight excluding hydrogens is 192 g/mol. The van der Waals surface area contributed by atoms with E-state index in [0.29, 0.717) is 6.54 Å². The second-order valence-electron chi connectivity index (χ2n) is 3.71. The van der Waals surface area contributed by atoms with Gasteiger partial charge in [0.05, 0.1) is 12.2 Å². The molecule has 2 heterocycles. The number of amides is 2. The van der Waals surface area contributed by atoms with E-state index in [0.717, 1.165) is 25.1 Å². The highest BCUT2D eigenvalue weighted by Gasteiger charge is 2.23. The molecule has 1 aliphatic rings. The predicted octanol–water partition coefficient (Wildman–Crippen LogP) is 0.670. The largest absolute Gasteiger partial charge is 0.341 e. The zero-order valence-electron chi connectivity index (χ0n) is 9.13. The molecule has 15 heavy (non-hydrogen) atoms.